The van der Waals surface area contributed by atoms with Crippen molar-refractivity contribution in [3.63, 3.8) is 0 Å². The highest BCUT2D eigenvalue weighted by Crippen LogP contribution is 2.30. The van der Waals surface area contributed by atoms with Gasteiger partial charge in [0.25, 0.3) is 0 Å². The lowest BCUT2D eigenvalue weighted by molar-refractivity contribution is 0.103. The summed E-state index contributed by atoms with van der Waals surface area (Å²) in [4.78, 5) is 21.3. The minimum Gasteiger partial charge on any atom is -0.497 e. The fraction of sp³-hybridized carbons (Fsp3) is 0.100. The molecular weight excluding hydrogens is 448 g/mol. The molecule has 0 radical (unpaired) electrons. The van der Waals surface area contributed by atoms with Gasteiger partial charge in [-0.15, -0.1) is 0 Å². The number of aryl methyl sites for hydroxylation is 1. The maximum atomic E-state index is 13.0. The molecule has 0 saturated carbocycles. The van der Waals surface area contributed by atoms with Crippen LogP contribution in [0.25, 0.3) is 10.9 Å². The quantitative estimate of drug-likeness (QED) is 0.173. The lowest BCUT2D eigenvalue weighted by Crippen LogP contribution is -2.02. The molecule has 0 aliphatic carbocycles. The Labute approximate surface area is 210 Å². The van der Waals surface area contributed by atoms with Crippen LogP contribution in [0.3, 0.4) is 0 Å². The number of nitrogens with one attached hydrogen (secondary N) is 2. The van der Waals surface area contributed by atoms with Crippen molar-refractivity contribution in [2.45, 2.75) is 13.8 Å². The van der Waals surface area contributed by atoms with E-state index >= 15 is 0 Å². The number of rotatable bonds is 8. The zero-order valence-electron chi connectivity index (χ0n) is 20.4. The first kappa shape index (κ1) is 24.2. The van der Waals surface area contributed by atoms with Gasteiger partial charge in [0.15, 0.2) is 5.78 Å². The fourth-order valence-electron chi connectivity index (χ4n) is 3.76. The molecule has 6 heteroatoms. The molecule has 1 aromatic heterocycles. The molecular formula is C30H26N4O2. The highest BCUT2D eigenvalue weighted by molar-refractivity contribution is 6.09. The molecule has 0 aliphatic heterocycles. The minimum atomic E-state index is -0.0449. The third-order valence-electron chi connectivity index (χ3n) is 5.53. The SMILES string of the molecule is C#C/N=C\C=C(/C)Nc1ccc(C(=O)c2ccc(Nc3cc(C)nc4ccc(OC)cc34)cc2)cc1. The molecule has 178 valence electrons. The van der Waals surface area contributed by atoms with Gasteiger partial charge in [0.05, 0.1) is 12.6 Å². The van der Waals surface area contributed by atoms with Crippen LogP contribution in [0.15, 0.2) is 89.6 Å². The van der Waals surface area contributed by atoms with Crippen LogP contribution >= 0.6 is 0 Å². The Balaban J connectivity index is 1.48. The zero-order valence-corrected chi connectivity index (χ0v) is 20.4. The Hall–Kier alpha value is -4.89. The molecule has 0 bridgehead atoms. The van der Waals surface area contributed by atoms with Gasteiger partial charge < -0.3 is 15.4 Å². The van der Waals surface area contributed by atoms with E-state index in [9.17, 15) is 4.79 Å². The first-order chi connectivity index (χ1) is 17.5. The van der Waals surface area contributed by atoms with Crippen molar-refractivity contribution in [3.8, 4) is 18.2 Å². The van der Waals surface area contributed by atoms with Gasteiger partial charge in [-0.2, -0.15) is 0 Å². The van der Waals surface area contributed by atoms with E-state index in [1.807, 2.05) is 74.5 Å². The summed E-state index contributed by atoms with van der Waals surface area (Å²) in [5.41, 5.74) is 6.56. The van der Waals surface area contributed by atoms with E-state index in [2.05, 4.69) is 26.7 Å². The third kappa shape index (κ3) is 5.78. The van der Waals surface area contributed by atoms with Gasteiger partial charge in [0.2, 0.25) is 0 Å². The number of aromatic nitrogens is 1. The van der Waals surface area contributed by atoms with Crippen LogP contribution in [0.1, 0.15) is 28.5 Å². The first-order valence-electron chi connectivity index (χ1n) is 11.4. The van der Waals surface area contributed by atoms with Gasteiger partial charge in [-0.1, -0.05) is 6.42 Å². The van der Waals surface area contributed by atoms with Crippen molar-refractivity contribution in [2.75, 3.05) is 17.7 Å². The predicted octanol–water partition coefficient (Wildman–Crippen LogP) is 6.50. The number of hydrogen-bond donors (Lipinski definition) is 2. The number of nitrogens with zero attached hydrogens (tertiary/aromatic N) is 2. The number of ether oxygens (including phenoxy) is 1. The standard InChI is InChI=1S/C30H26N4O2/c1-5-31-17-16-20(2)32-24-10-6-22(7-11-24)30(35)23-8-12-25(13-9-23)34-29-18-21(3)33-28-15-14-26(36-4)19-27(28)29/h1,6-19,32H,2-4H3,(H,33,34)/b20-16+,31-17-. The maximum Gasteiger partial charge on any atom is 0.193 e. The number of hydrogen-bond acceptors (Lipinski definition) is 6. The summed E-state index contributed by atoms with van der Waals surface area (Å²) in [6, 6.07) is 24.8. The molecule has 0 amide bonds. The molecule has 4 rings (SSSR count). The van der Waals surface area contributed by atoms with Gasteiger partial charge >= 0.3 is 0 Å². The number of benzene rings is 3. The molecule has 0 saturated heterocycles. The zero-order chi connectivity index (χ0) is 25.5. The monoisotopic (exact) mass is 474 g/mol. The number of allylic oxidation sites excluding steroid dienone is 2. The summed E-state index contributed by atoms with van der Waals surface area (Å²) >= 11 is 0. The Bertz CT molecular complexity index is 1500. The second-order valence-corrected chi connectivity index (χ2v) is 8.19. The number of aliphatic imine (C=N–C) groups is 1. The molecule has 0 atom stereocenters. The number of carbonyl (C=O) groups is 1. The first-order valence-corrected chi connectivity index (χ1v) is 11.4. The molecule has 3 aromatic carbocycles. The van der Waals surface area contributed by atoms with E-state index in [4.69, 9.17) is 11.2 Å². The average Bonchev–Trinajstić information content (AvgIpc) is 2.89. The van der Waals surface area contributed by atoms with Crippen molar-refractivity contribution < 1.29 is 9.53 Å². The second kappa shape index (κ2) is 11.0. The molecule has 6 nitrogen and oxygen atoms in total. The summed E-state index contributed by atoms with van der Waals surface area (Å²) in [7, 11) is 1.64. The van der Waals surface area contributed by atoms with E-state index < -0.39 is 0 Å². The third-order valence-corrected chi connectivity index (χ3v) is 5.53. The van der Waals surface area contributed by atoms with Crippen molar-refractivity contribution in [1.82, 2.24) is 4.98 Å². The van der Waals surface area contributed by atoms with Gasteiger partial charge in [0, 0.05) is 57.2 Å². The lowest BCUT2D eigenvalue weighted by atomic mass is 10.0. The fourth-order valence-corrected chi connectivity index (χ4v) is 3.76. The van der Waals surface area contributed by atoms with Crippen molar-refractivity contribution in [1.29, 1.82) is 0 Å². The molecule has 4 aromatic rings. The Morgan fingerprint density at radius 1 is 1.00 bits per heavy atom. The molecule has 2 N–H and O–H groups in total. The number of ketones is 1. The number of pyridine rings is 1. The van der Waals surface area contributed by atoms with Crippen molar-refractivity contribution in [3.05, 3.63) is 101 Å². The van der Waals surface area contributed by atoms with E-state index in [1.54, 1.807) is 31.5 Å². The van der Waals surface area contributed by atoms with E-state index in [0.717, 1.165) is 45.1 Å². The van der Waals surface area contributed by atoms with Crippen LogP contribution < -0.4 is 15.4 Å². The predicted molar refractivity (Wildman–Crippen MR) is 147 cm³/mol. The second-order valence-electron chi connectivity index (χ2n) is 8.19. The van der Waals surface area contributed by atoms with Crippen LogP contribution in [0.2, 0.25) is 0 Å². The van der Waals surface area contributed by atoms with E-state index in [0.29, 0.717) is 11.1 Å². The largest absolute Gasteiger partial charge is 0.497 e. The van der Waals surface area contributed by atoms with Crippen LogP contribution in [0, 0.1) is 19.4 Å². The summed E-state index contributed by atoms with van der Waals surface area (Å²) in [5, 5.41) is 7.64. The van der Waals surface area contributed by atoms with Crippen molar-refractivity contribution >= 4 is 40.0 Å². The maximum absolute atomic E-state index is 13.0. The Kier molecular flexibility index (Phi) is 7.42. The van der Waals surface area contributed by atoms with Crippen LogP contribution in [0.5, 0.6) is 5.75 Å². The van der Waals surface area contributed by atoms with Gasteiger partial charge in [-0.3, -0.25) is 9.78 Å². The number of anilines is 3. The van der Waals surface area contributed by atoms with E-state index in [-0.39, 0.29) is 5.78 Å². The molecule has 0 spiro atoms. The highest BCUT2D eigenvalue weighted by atomic mass is 16.5. The Morgan fingerprint density at radius 2 is 1.67 bits per heavy atom. The molecule has 0 aliphatic rings. The number of carbonyl (C=O) groups excluding carboxylic acids is 1. The summed E-state index contributed by atoms with van der Waals surface area (Å²) in [6.45, 7) is 3.87. The summed E-state index contributed by atoms with van der Waals surface area (Å²) < 4.78 is 5.38. The number of methoxy groups -OCH3 is 1. The van der Waals surface area contributed by atoms with Gasteiger partial charge in [-0.05, 0) is 92.7 Å². The van der Waals surface area contributed by atoms with Crippen molar-refractivity contribution in [2.24, 2.45) is 4.99 Å². The van der Waals surface area contributed by atoms with E-state index in [1.165, 1.54) is 0 Å². The summed E-state index contributed by atoms with van der Waals surface area (Å²) in [5.74, 6) is 0.721. The number of fused-ring (bicyclic) bond motifs is 1. The van der Waals surface area contributed by atoms with Gasteiger partial charge in [-0.25, -0.2) is 4.99 Å². The van der Waals surface area contributed by atoms with Gasteiger partial charge in [0.1, 0.15) is 5.75 Å². The van der Waals surface area contributed by atoms with Crippen LogP contribution in [-0.2, 0) is 0 Å². The minimum absolute atomic E-state index is 0.0449. The topological polar surface area (TPSA) is 75.6 Å². The van der Waals surface area contributed by atoms with Crippen LogP contribution in [0.4, 0.5) is 17.1 Å². The molecule has 1 heterocycles. The highest BCUT2D eigenvalue weighted by Gasteiger charge is 2.10. The molecule has 0 unspecified atom stereocenters. The normalized spacial score (nSPS) is 11.3. The van der Waals surface area contributed by atoms with Crippen LogP contribution in [-0.4, -0.2) is 24.1 Å². The molecule has 0 fully saturated rings. The Morgan fingerprint density at radius 3 is 2.31 bits per heavy atom. The molecule has 36 heavy (non-hydrogen) atoms. The smallest absolute Gasteiger partial charge is 0.193 e. The number of terminal acetylenes is 1. The lowest BCUT2D eigenvalue weighted by Gasteiger charge is -2.12. The average molecular weight is 475 g/mol. The summed E-state index contributed by atoms with van der Waals surface area (Å²) in [6.07, 6.45) is 8.43.